The van der Waals surface area contributed by atoms with Crippen LogP contribution in [0.1, 0.15) is 24.3 Å². The van der Waals surface area contributed by atoms with Gasteiger partial charge in [-0.2, -0.15) is 0 Å². The molecule has 2 aromatic rings. The highest BCUT2D eigenvalue weighted by atomic mass is 32.1. The Kier molecular flexibility index (Phi) is 4.82. The lowest BCUT2D eigenvalue weighted by Gasteiger charge is -2.32. The van der Waals surface area contributed by atoms with E-state index in [1.165, 1.54) is 0 Å². The van der Waals surface area contributed by atoms with Crippen molar-refractivity contribution in [3.05, 3.63) is 29.0 Å². The molecular weight excluding hydrogens is 310 g/mol. The zero-order valence-electron chi connectivity index (χ0n) is 13.9. The maximum Gasteiger partial charge on any atom is 0.226 e. The van der Waals surface area contributed by atoms with Crippen LogP contribution >= 0.6 is 11.3 Å². The number of carbonyl (C=O) groups excluding carboxylic acids is 1. The summed E-state index contributed by atoms with van der Waals surface area (Å²) in [4.78, 5) is 20.9. The van der Waals surface area contributed by atoms with Gasteiger partial charge in [0.05, 0.1) is 11.6 Å². The highest BCUT2D eigenvalue weighted by Gasteiger charge is 2.27. The average molecular weight is 333 g/mol. The standard InChI is InChI=1S/C17H23N3O2S/c1-12-6-7-15(22-12)16-18-14(11-23-16)10-20-8-4-5-13(9-20)17(21)19(2)3/h6-7,11,13H,4-5,8-10H2,1-3H3. The van der Waals surface area contributed by atoms with E-state index < -0.39 is 0 Å². The van der Waals surface area contributed by atoms with E-state index in [1.54, 1.807) is 16.2 Å². The molecule has 0 bridgehead atoms. The molecule has 2 aromatic heterocycles. The lowest BCUT2D eigenvalue weighted by atomic mass is 9.96. The first-order valence-electron chi connectivity index (χ1n) is 7.97. The third-order valence-electron chi connectivity index (χ3n) is 4.18. The third-order valence-corrected chi connectivity index (χ3v) is 5.09. The number of likely N-dealkylation sites (tertiary alicyclic amines) is 1. The number of aryl methyl sites for hydroxylation is 1. The Labute approximate surface area is 140 Å². The van der Waals surface area contributed by atoms with E-state index in [-0.39, 0.29) is 11.8 Å². The Balaban J connectivity index is 1.63. The van der Waals surface area contributed by atoms with Crippen LogP contribution in [0.2, 0.25) is 0 Å². The summed E-state index contributed by atoms with van der Waals surface area (Å²) in [5, 5.41) is 3.01. The van der Waals surface area contributed by atoms with E-state index >= 15 is 0 Å². The molecule has 0 radical (unpaired) electrons. The van der Waals surface area contributed by atoms with Crippen LogP contribution in [0, 0.1) is 12.8 Å². The van der Waals surface area contributed by atoms with Crippen molar-refractivity contribution in [1.29, 1.82) is 0 Å². The lowest BCUT2D eigenvalue weighted by molar-refractivity contribution is -0.134. The quantitative estimate of drug-likeness (QED) is 0.863. The third kappa shape index (κ3) is 3.82. The fourth-order valence-corrected chi connectivity index (χ4v) is 3.81. The van der Waals surface area contributed by atoms with Crippen molar-refractivity contribution in [2.24, 2.45) is 5.92 Å². The second-order valence-electron chi connectivity index (χ2n) is 6.36. The molecule has 1 aliphatic rings. The van der Waals surface area contributed by atoms with Gasteiger partial charge in [0.15, 0.2) is 10.8 Å². The Bertz CT molecular complexity index is 677. The molecule has 0 saturated carbocycles. The molecule has 1 unspecified atom stereocenters. The van der Waals surface area contributed by atoms with Crippen LogP contribution in [-0.2, 0) is 11.3 Å². The van der Waals surface area contributed by atoms with Gasteiger partial charge in [-0.1, -0.05) is 0 Å². The second-order valence-corrected chi connectivity index (χ2v) is 7.22. The van der Waals surface area contributed by atoms with Gasteiger partial charge >= 0.3 is 0 Å². The largest absolute Gasteiger partial charge is 0.459 e. The van der Waals surface area contributed by atoms with Crippen molar-refractivity contribution in [1.82, 2.24) is 14.8 Å². The Morgan fingerprint density at radius 2 is 2.30 bits per heavy atom. The van der Waals surface area contributed by atoms with Gasteiger partial charge in [0.1, 0.15) is 5.76 Å². The molecule has 0 N–H and O–H groups in total. The number of amides is 1. The molecule has 1 saturated heterocycles. The highest BCUT2D eigenvalue weighted by molar-refractivity contribution is 7.13. The van der Waals surface area contributed by atoms with Gasteiger partial charge in [0.25, 0.3) is 0 Å². The normalized spacial score (nSPS) is 19.0. The molecule has 23 heavy (non-hydrogen) atoms. The van der Waals surface area contributed by atoms with Crippen molar-refractivity contribution in [2.75, 3.05) is 27.2 Å². The molecular formula is C17H23N3O2S. The van der Waals surface area contributed by atoms with E-state index in [0.29, 0.717) is 0 Å². The number of thiazole rings is 1. The van der Waals surface area contributed by atoms with Crippen molar-refractivity contribution < 1.29 is 9.21 Å². The van der Waals surface area contributed by atoms with E-state index in [4.69, 9.17) is 4.42 Å². The van der Waals surface area contributed by atoms with E-state index in [1.807, 2.05) is 33.2 Å². The van der Waals surface area contributed by atoms with Crippen LogP contribution < -0.4 is 0 Å². The van der Waals surface area contributed by atoms with Gasteiger partial charge in [-0.3, -0.25) is 9.69 Å². The smallest absolute Gasteiger partial charge is 0.226 e. The van der Waals surface area contributed by atoms with Crippen molar-refractivity contribution >= 4 is 17.2 Å². The second kappa shape index (κ2) is 6.84. The summed E-state index contributed by atoms with van der Waals surface area (Å²) in [7, 11) is 3.67. The summed E-state index contributed by atoms with van der Waals surface area (Å²) in [6.45, 7) is 4.59. The SMILES string of the molecule is Cc1ccc(-c2nc(CN3CCCC(C(=O)N(C)C)C3)cs2)o1. The minimum Gasteiger partial charge on any atom is -0.459 e. The summed E-state index contributed by atoms with van der Waals surface area (Å²) < 4.78 is 5.63. The zero-order valence-corrected chi connectivity index (χ0v) is 14.7. The summed E-state index contributed by atoms with van der Waals surface area (Å²) in [5.41, 5.74) is 1.05. The number of hydrogen-bond donors (Lipinski definition) is 0. The highest BCUT2D eigenvalue weighted by Crippen LogP contribution is 2.27. The first-order valence-corrected chi connectivity index (χ1v) is 8.85. The number of aromatic nitrogens is 1. The van der Waals surface area contributed by atoms with Crippen molar-refractivity contribution in [3.8, 4) is 10.8 Å². The molecule has 1 atom stereocenters. The Hall–Kier alpha value is -1.66. The van der Waals surface area contributed by atoms with Crippen LogP contribution in [0.4, 0.5) is 0 Å². The molecule has 3 rings (SSSR count). The van der Waals surface area contributed by atoms with Gasteiger partial charge in [-0.25, -0.2) is 4.98 Å². The number of rotatable bonds is 4. The van der Waals surface area contributed by atoms with Gasteiger partial charge in [-0.15, -0.1) is 11.3 Å². The summed E-state index contributed by atoms with van der Waals surface area (Å²) in [6, 6.07) is 3.92. The van der Waals surface area contributed by atoms with E-state index in [2.05, 4.69) is 15.3 Å². The number of nitrogens with zero attached hydrogens (tertiary/aromatic N) is 3. The van der Waals surface area contributed by atoms with Crippen LogP contribution in [-0.4, -0.2) is 47.9 Å². The topological polar surface area (TPSA) is 49.6 Å². The molecule has 6 heteroatoms. The molecule has 124 valence electrons. The molecule has 1 aliphatic heterocycles. The van der Waals surface area contributed by atoms with Crippen LogP contribution in [0.3, 0.4) is 0 Å². The Morgan fingerprint density at radius 3 is 3.00 bits per heavy atom. The van der Waals surface area contributed by atoms with Gasteiger partial charge in [-0.05, 0) is 38.4 Å². The molecule has 0 aromatic carbocycles. The monoisotopic (exact) mass is 333 g/mol. The van der Waals surface area contributed by atoms with Crippen molar-refractivity contribution in [3.63, 3.8) is 0 Å². The number of piperidine rings is 1. The molecule has 5 nitrogen and oxygen atoms in total. The lowest BCUT2D eigenvalue weighted by Crippen LogP contribution is -2.42. The van der Waals surface area contributed by atoms with Crippen LogP contribution in [0.5, 0.6) is 0 Å². The molecule has 1 amide bonds. The van der Waals surface area contributed by atoms with Gasteiger partial charge in [0, 0.05) is 32.6 Å². The number of hydrogen-bond acceptors (Lipinski definition) is 5. The summed E-state index contributed by atoms with van der Waals surface area (Å²) >= 11 is 1.61. The van der Waals surface area contributed by atoms with Crippen LogP contribution in [0.15, 0.2) is 21.9 Å². The number of carbonyl (C=O) groups is 1. The minimum atomic E-state index is 0.115. The first kappa shape index (κ1) is 16.2. The fraction of sp³-hybridized carbons (Fsp3) is 0.529. The average Bonchev–Trinajstić information content (AvgIpc) is 3.15. The van der Waals surface area contributed by atoms with Crippen LogP contribution in [0.25, 0.3) is 10.8 Å². The maximum atomic E-state index is 12.2. The predicted molar refractivity (Wildman–Crippen MR) is 91.2 cm³/mol. The predicted octanol–water partition coefficient (Wildman–Crippen LogP) is 3.01. The molecule has 0 aliphatic carbocycles. The number of furan rings is 1. The Morgan fingerprint density at radius 1 is 1.48 bits per heavy atom. The van der Waals surface area contributed by atoms with E-state index in [0.717, 1.165) is 54.7 Å². The summed E-state index contributed by atoms with van der Waals surface area (Å²) in [5.74, 6) is 2.08. The maximum absolute atomic E-state index is 12.2. The molecule has 3 heterocycles. The van der Waals surface area contributed by atoms with Gasteiger partial charge < -0.3 is 9.32 Å². The first-order chi connectivity index (χ1) is 11.0. The molecule has 1 fully saturated rings. The zero-order chi connectivity index (χ0) is 16.4. The van der Waals surface area contributed by atoms with E-state index in [9.17, 15) is 4.79 Å². The van der Waals surface area contributed by atoms with Crippen molar-refractivity contribution in [2.45, 2.75) is 26.3 Å². The molecule has 0 spiro atoms. The fourth-order valence-electron chi connectivity index (χ4n) is 3.04. The summed E-state index contributed by atoms with van der Waals surface area (Å²) in [6.07, 6.45) is 2.06. The van der Waals surface area contributed by atoms with Gasteiger partial charge in [0.2, 0.25) is 5.91 Å². The minimum absolute atomic E-state index is 0.115.